The van der Waals surface area contributed by atoms with Crippen LogP contribution in [0.1, 0.15) is 30.4 Å². The molecule has 2 rings (SSSR count). The molecule has 0 bridgehead atoms. The van der Waals surface area contributed by atoms with E-state index < -0.39 is 35.6 Å². The number of morpholine rings is 1. The van der Waals surface area contributed by atoms with E-state index in [0.717, 1.165) is 12.1 Å². The van der Waals surface area contributed by atoms with Crippen LogP contribution in [0.4, 0.5) is 13.2 Å². The maximum atomic E-state index is 12.8. The monoisotopic (exact) mass is 345 g/mol. The summed E-state index contributed by atoms with van der Waals surface area (Å²) >= 11 is 0. The van der Waals surface area contributed by atoms with Crippen LogP contribution in [0.15, 0.2) is 24.3 Å². The van der Waals surface area contributed by atoms with Crippen molar-refractivity contribution in [2.45, 2.75) is 31.5 Å². The number of rotatable bonds is 4. The third-order valence-corrected chi connectivity index (χ3v) is 4.00. The molecule has 1 heterocycles. The predicted octanol–water partition coefficient (Wildman–Crippen LogP) is 2.51. The van der Waals surface area contributed by atoms with Crippen LogP contribution in [0.5, 0.6) is 0 Å². The van der Waals surface area contributed by atoms with Crippen LogP contribution in [0.3, 0.4) is 0 Å². The first-order valence-corrected chi connectivity index (χ1v) is 7.47. The molecule has 0 radical (unpaired) electrons. The molecule has 1 amide bonds. The highest BCUT2D eigenvalue weighted by Crippen LogP contribution is 2.32. The molecule has 1 aliphatic heterocycles. The summed E-state index contributed by atoms with van der Waals surface area (Å²) in [4.78, 5) is 24.8. The molecule has 1 aromatic rings. The fourth-order valence-electron chi connectivity index (χ4n) is 2.63. The van der Waals surface area contributed by atoms with E-state index in [4.69, 9.17) is 9.84 Å². The van der Waals surface area contributed by atoms with E-state index >= 15 is 0 Å². The Hall–Kier alpha value is -2.09. The lowest BCUT2D eigenvalue weighted by Gasteiger charge is -2.33. The van der Waals surface area contributed by atoms with Crippen molar-refractivity contribution in [3.63, 3.8) is 0 Å². The van der Waals surface area contributed by atoms with E-state index in [9.17, 15) is 22.8 Å². The number of ether oxygens (including phenoxy) is 1. The molecule has 1 aliphatic rings. The zero-order valence-electron chi connectivity index (χ0n) is 13.0. The minimum atomic E-state index is -4.45. The van der Waals surface area contributed by atoms with Gasteiger partial charge in [0, 0.05) is 13.0 Å². The summed E-state index contributed by atoms with van der Waals surface area (Å²) in [7, 11) is 0. The van der Waals surface area contributed by atoms with Crippen LogP contribution < -0.4 is 0 Å². The summed E-state index contributed by atoms with van der Waals surface area (Å²) in [6.45, 7) is 1.96. The van der Waals surface area contributed by atoms with Crippen LogP contribution in [0.2, 0.25) is 0 Å². The van der Waals surface area contributed by atoms with Gasteiger partial charge in [0.1, 0.15) is 0 Å². The number of hydrogen-bond acceptors (Lipinski definition) is 3. The van der Waals surface area contributed by atoms with Gasteiger partial charge in [-0.05, 0) is 17.5 Å². The van der Waals surface area contributed by atoms with Gasteiger partial charge in [-0.15, -0.1) is 0 Å². The summed E-state index contributed by atoms with van der Waals surface area (Å²) in [5.74, 6) is -2.03. The predicted molar refractivity (Wildman–Crippen MR) is 78.4 cm³/mol. The number of halogens is 3. The largest absolute Gasteiger partial charge is 0.480 e. The smallest absolute Gasteiger partial charge is 0.416 e. The Labute approximate surface area is 137 Å². The molecule has 1 fully saturated rings. The molecule has 1 aromatic carbocycles. The first-order chi connectivity index (χ1) is 11.2. The molecule has 8 heteroatoms. The molecule has 0 saturated carbocycles. The molecule has 0 spiro atoms. The highest BCUT2D eigenvalue weighted by Gasteiger charge is 2.34. The fraction of sp³-hybridized carbons (Fsp3) is 0.500. The molecule has 5 nitrogen and oxygen atoms in total. The molecular weight excluding hydrogens is 327 g/mol. The number of carbonyl (C=O) groups excluding carboxylic acids is 1. The van der Waals surface area contributed by atoms with Crippen LogP contribution >= 0.6 is 0 Å². The Morgan fingerprint density at radius 1 is 1.42 bits per heavy atom. The number of benzene rings is 1. The number of carboxylic acid groups (broad SMARTS) is 1. The Morgan fingerprint density at radius 3 is 2.75 bits per heavy atom. The average Bonchev–Trinajstić information content (AvgIpc) is 2.54. The second-order valence-electron chi connectivity index (χ2n) is 5.74. The SMILES string of the molecule is C[C@H](CC(=O)N1CCOC[C@H]1C(=O)O)c1cccc(C(F)(F)F)c1. The summed E-state index contributed by atoms with van der Waals surface area (Å²) in [5, 5.41) is 9.14. The summed E-state index contributed by atoms with van der Waals surface area (Å²) < 4.78 is 43.4. The van der Waals surface area contributed by atoms with Crippen LogP contribution in [0, 0.1) is 0 Å². The van der Waals surface area contributed by atoms with Crippen LogP contribution in [0.25, 0.3) is 0 Å². The van der Waals surface area contributed by atoms with Crippen molar-refractivity contribution in [3.05, 3.63) is 35.4 Å². The Kier molecular flexibility index (Phi) is 5.48. The van der Waals surface area contributed by atoms with Gasteiger partial charge in [0.15, 0.2) is 6.04 Å². The van der Waals surface area contributed by atoms with Crippen molar-refractivity contribution in [1.82, 2.24) is 4.90 Å². The number of nitrogens with zero attached hydrogens (tertiary/aromatic N) is 1. The lowest BCUT2D eigenvalue weighted by molar-refractivity contribution is -0.158. The summed E-state index contributed by atoms with van der Waals surface area (Å²) in [6, 6.07) is 3.77. The first-order valence-electron chi connectivity index (χ1n) is 7.47. The van der Waals surface area contributed by atoms with Gasteiger partial charge >= 0.3 is 12.1 Å². The third kappa shape index (κ3) is 4.25. The van der Waals surface area contributed by atoms with E-state index in [1.165, 1.54) is 17.0 Å². The number of amides is 1. The quantitative estimate of drug-likeness (QED) is 0.911. The van der Waals surface area contributed by atoms with Crippen LogP contribution in [-0.2, 0) is 20.5 Å². The highest BCUT2D eigenvalue weighted by molar-refractivity contribution is 5.84. The third-order valence-electron chi connectivity index (χ3n) is 4.00. The molecule has 1 saturated heterocycles. The van der Waals surface area contributed by atoms with Crippen molar-refractivity contribution in [3.8, 4) is 0 Å². The van der Waals surface area contributed by atoms with Crippen molar-refractivity contribution in [2.24, 2.45) is 0 Å². The number of carboxylic acids is 1. The molecule has 2 atom stereocenters. The molecule has 132 valence electrons. The number of carbonyl (C=O) groups is 2. The molecular formula is C16H18F3NO4. The lowest BCUT2D eigenvalue weighted by Crippen LogP contribution is -2.52. The van der Waals surface area contributed by atoms with Gasteiger partial charge < -0.3 is 14.7 Å². The second-order valence-corrected chi connectivity index (χ2v) is 5.74. The minimum Gasteiger partial charge on any atom is -0.480 e. The second kappa shape index (κ2) is 7.21. The van der Waals surface area contributed by atoms with Crippen LogP contribution in [-0.4, -0.2) is 47.7 Å². The summed E-state index contributed by atoms with van der Waals surface area (Å²) in [6.07, 6.45) is -4.51. The van der Waals surface area contributed by atoms with Crippen molar-refractivity contribution >= 4 is 11.9 Å². The van der Waals surface area contributed by atoms with Crippen molar-refractivity contribution < 1.29 is 32.6 Å². The van der Waals surface area contributed by atoms with Gasteiger partial charge in [-0.1, -0.05) is 25.1 Å². The van der Waals surface area contributed by atoms with E-state index in [1.807, 2.05) is 0 Å². The minimum absolute atomic E-state index is 0.0644. The van der Waals surface area contributed by atoms with Gasteiger partial charge in [0.05, 0.1) is 18.8 Å². The molecule has 24 heavy (non-hydrogen) atoms. The standard InChI is InChI=1S/C16H18F3NO4/c1-10(11-3-2-4-12(8-11)16(17,18)19)7-14(21)20-5-6-24-9-13(20)15(22)23/h2-4,8,10,13H,5-7,9H2,1H3,(H,22,23)/t10-,13+/m1/s1. The maximum absolute atomic E-state index is 12.8. The van der Waals surface area contributed by atoms with E-state index in [0.29, 0.717) is 5.56 Å². The van der Waals surface area contributed by atoms with Gasteiger partial charge in [-0.2, -0.15) is 13.2 Å². The normalized spacial score (nSPS) is 19.8. The maximum Gasteiger partial charge on any atom is 0.416 e. The van der Waals surface area contributed by atoms with E-state index in [2.05, 4.69) is 0 Å². The van der Waals surface area contributed by atoms with Gasteiger partial charge in [-0.3, -0.25) is 4.79 Å². The lowest BCUT2D eigenvalue weighted by atomic mass is 9.95. The van der Waals surface area contributed by atoms with Gasteiger partial charge in [0.2, 0.25) is 5.91 Å². The molecule has 0 aliphatic carbocycles. The molecule has 1 N–H and O–H groups in total. The molecule has 0 aromatic heterocycles. The average molecular weight is 345 g/mol. The Morgan fingerprint density at radius 2 is 2.12 bits per heavy atom. The zero-order chi connectivity index (χ0) is 17.9. The molecule has 0 unspecified atom stereocenters. The Bertz CT molecular complexity index is 618. The Balaban J connectivity index is 2.10. The van der Waals surface area contributed by atoms with E-state index in [-0.39, 0.29) is 26.2 Å². The highest BCUT2D eigenvalue weighted by atomic mass is 19.4. The zero-order valence-corrected chi connectivity index (χ0v) is 13.0. The summed E-state index contributed by atoms with van der Waals surface area (Å²) in [5.41, 5.74) is -0.382. The topological polar surface area (TPSA) is 66.8 Å². The van der Waals surface area contributed by atoms with Crippen molar-refractivity contribution in [2.75, 3.05) is 19.8 Å². The number of aliphatic carboxylic acids is 1. The fourth-order valence-corrected chi connectivity index (χ4v) is 2.63. The van der Waals surface area contributed by atoms with E-state index in [1.54, 1.807) is 6.92 Å². The van der Waals surface area contributed by atoms with Crippen molar-refractivity contribution in [1.29, 1.82) is 0 Å². The number of alkyl halides is 3. The number of hydrogen-bond donors (Lipinski definition) is 1. The first kappa shape index (κ1) is 18.3. The van der Waals surface area contributed by atoms with Gasteiger partial charge in [-0.25, -0.2) is 4.79 Å². The van der Waals surface area contributed by atoms with Gasteiger partial charge in [0.25, 0.3) is 0 Å².